The molecule has 30 heavy (non-hydrogen) atoms. The topological polar surface area (TPSA) is 4.93 Å². The van der Waals surface area contributed by atoms with Crippen molar-refractivity contribution in [2.24, 2.45) is 5.92 Å². The van der Waals surface area contributed by atoms with Gasteiger partial charge in [0.2, 0.25) is 0 Å². The third-order valence-corrected chi connectivity index (χ3v) is 7.35. The Labute approximate surface area is 178 Å². The summed E-state index contributed by atoms with van der Waals surface area (Å²) in [5, 5.41) is 2.73. The second-order valence-corrected chi connectivity index (χ2v) is 9.61. The fourth-order valence-electron chi connectivity index (χ4n) is 5.81. The Morgan fingerprint density at radius 2 is 1.67 bits per heavy atom. The molecule has 0 spiro atoms. The lowest BCUT2D eigenvalue weighted by atomic mass is 9.75. The van der Waals surface area contributed by atoms with E-state index in [2.05, 4.69) is 111 Å². The third-order valence-electron chi connectivity index (χ3n) is 7.35. The standard InChI is InChI=1S/C29H27N/c1-18-12-14-21(19(2)16-18)20-13-15-26-23(17-20)22-8-7-10-25-28(22)30(26)27-11-6-5-9-24(27)29(25,3)4/h5-17,19,21H,1-4H3. The third kappa shape index (κ3) is 2.24. The maximum atomic E-state index is 2.49. The SMILES string of the molecule is CC1=CC(C)C(c2ccc3c(c2)c2cccc4c2n3-c2ccccc2C4(C)C)C=C1. The molecule has 148 valence electrons. The zero-order valence-electron chi connectivity index (χ0n) is 18.1. The van der Waals surface area contributed by atoms with Gasteiger partial charge in [0, 0.05) is 22.1 Å². The van der Waals surface area contributed by atoms with E-state index in [0.717, 1.165) is 0 Å². The number of benzene rings is 3. The van der Waals surface area contributed by atoms with Crippen molar-refractivity contribution in [3.63, 3.8) is 0 Å². The first kappa shape index (κ1) is 17.8. The summed E-state index contributed by atoms with van der Waals surface area (Å²) in [5.74, 6) is 0.959. The Hall–Kier alpha value is -3.06. The molecule has 1 aliphatic carbocycles. The molecule has 1 nitrogen and oxygen atoms in total. The molecule has 0 saturated heterocycles. The zero-order chi connectivity index (χ0) is 20.6. The zero-order valence-corrected chi connectivity index (χ0v) is 18.1. The number of allylic oxidation sites excluding steroid dienone is 4. The monoisotopic (exact) mass is 389 g/mol. The van der Waals surface area contributed by atoms with Crippen LogP contribution in [-0.2, 0) is 5.41 Å². The van der Waals surface area contributed by atoms with Crippen LogP contribution in [0.5, 0.6) is 0 Å². The molecule has 0 bridgehead atoms. The van der Waals surface area contributed by atoms with E-state index in [4.69, 9.17) is 0 Å². The number of hydrogen-bond donors (Lipinski definition) is 0. The highest BCUT2D eigenvalue weighted by molar-refractivity contribution is 6.11. The normalized spacial score (nSPS) is 21.7. The Morgan fingerprint density at radius 3 is 2.50 bits per heavy atom. The average Bonchev–Trinajstić information content (AvgIpc) is 3.07. The highest BCUT2D eigenvalue weighted by Crippen LogP contribution is 2.47. The van der Waals surface area contributed by atoms with Gasteiger partial charge in [-0.15, -0.1) is 0 Å². The van der Waals surface area contributed by atoms with Crippen molar-refractivity contribution >= 4 is 21.8 Å². The summed E-state index contributed by atoms with van der Waals surface area (Å²) in [6.07, 6.45) is 7.04. The quantitative estimate of drug-likeness (QED) is 0.315. The fourth-order valence-corrected chi connectivity index (χ4v) is 5.81. The Bertz CT molecular complexity index is 1390. The molecule has 1 aliphatic heterocycles. The lowest BCUT2D eigenvalue weighted by Gasteiger charge is -2.34. The Kier molecular flexibility index (Phi) is 3.54. The molecule has 0 amide bonds. The minimum atomic E-state index is -0.00769. The van der Waals surface area contributed by atoms with Gasteiger partial charge >= 0.3 is 0 Å². The minimum absolute atomic E-state index is 0.00769. The summed E-state index contributed by atoms with van der Waals surface area (Å²) in [5.41, 5.74) is 9.58. The summed E-state index contributed by atoms with van der Waals surface area (Å²) in [6, 6.07) is 22.9. The van der Waals surface area contributed by atoms with Crippen LogP contribution in [0.1, 0.15) is 50.3 Å². The van der Waals surface area contributed by atoms with Gasteiger partial charge in [0.25, 0.3) is 0 Å². The fraction of sp³-hybridized carbons (Fsp3) is 0.241. The van der Waals surface area contributed by atoms with Crippen molar-refractivity contribution < 1.29 is 0 Å². The second-order valence-electron chi connectivity index (χ2n) is 9.61. The molecule has 2 aliphatic rings. The molecule has 2 atom stereocenters. The van der Waals surface area contributed by atoms with Gasteiger partial charge in [0.15, 0.2) is 0 Å². The van der Waals surface area contributed by atoms with Crippen LogP contribution in [0.2, 0.25) is 0 Å². The molecule has 2 unspecified atom stereocenters. The lowest BCUT2D eigenvalue weighted by molar-refractivity contribution is 0.629. The molecule has 4 aromatic rings. The summed E-state index contributed by atoms with van der Waals surface area (Å²) < 4.78 is 2.49. The number of rotatable bonds is 1. The summed E-state index contributed by atoms with van der Waals surface area (Å²) >= 11 is 0. The van der Waals surface area contributed by atoms with Crippen molar-refractivity contribution in [2.75, 3.05) is 0 Å². The Balaban J connectivity index is 1.68. The van der Waals surface area contributed by atoms with E-state index in [0.29, 0.717) is 11.8 Å². The van der Waals surface area contributed by atoms with Crippen LogP contribution in [-0.4, -0.2) is 4.57 Å². The minimum Gasteiger partial charge on any atom is -0.309 e. The first-order chi connectivity index (χ1) is 14.5. The number of fused-ring (bicyclic) bond motifs is 5. The van der Waals surface area contributed by atoms with Crippen molar-refractivity contribution in [1.29, 1.82) is 0 Å². The van der Waals surface area contributed by atoms with E-state index in [1.165, 1.54) is 49.8 Å². The van der Waals surface area contributed by atoms with Gasteiger partial charge in [0.05, 0.1) is 16.7 Å². The van der Waals surface area contributed by atoms with Gasteiger partial charge in [-0.2, -0.15) is 0 Å². The highest BCUT2D eigenvalue weighted by atomic mass is 15.0. The lowest BCUT2D eigenvalue weighted by Crippen LogP contribution is -2.26. The molecule has 0 N–H and O–H groups in total. The van der Waals surface area contributed by atoms with E-state index in [1.54, 1.807) is 0 Å². The van der Waals surface area contributed by atoms with E-state index in [9.17, 15) is 0 Å². The number of hydrogen-bond acceptors (Lipinski definition) is 0. The predicted molar refractivity (Wildman–Crippen MR) is 128 cm³/mol. The highest BCUT2D eigenvalue weighted by Gasteiger charge is 2.34. The van der Waals surface area contributed by atoms with Gasteiger partial charge in [-0.3, -0.25) is 0 Å². The van der Waals surface area contributed by atoms with Crippen LogP contribution in [0.25, 0.3) is 27.5 Å². The molecule has 0 fully saturated rings. The smallest absolute Gasteiger partial charge is 0.0582 e. The molecule has 3 aromatic carbocycles. The molecule has 1 aromatic heterocycles. The molecule has 2 heterocycles. The summed E-state index contributed by atoms with van der Waals surface area (Å²) in [4.78, 5) is 0. The van der Waals surface area contributed by atoms with Crippen molar-refractivity contribution in [3.05, 3.63) is 101 Å². The molecule has 6 rings (SSSR count). The van der Waals surface area contributed by atoms with Crippen LogP contribution < -0.4 is 0 Å². The molecule has 0 saturated carbocycles. The maximum absolute atomic E-state index is 2.49. The van der Waals surface area contributed by atoms with Crippen LogP contribution >= 0.6 is 0 Å². The van der Waals surface area contributed by atoms with Crippen LogP contribution in [0, 0.1) is 5.92 Å². The van der Waals surface area contributed by atoms with E-state index in [1.807, 2.05) is 0 Å². The first-order valence-corrected chi connectivity index (χ1v) is 11.0. The average molecular weight is 390 g/mol. The number of para-hydroxylation sites is 2. The molecule has 1 heteroatoms. The van der Waals surface area contributed by atoms with Gasteiger partial charge < -0.3 is 4.57 Å². The van der Waals surface area contributed by atoms with Crippen LogP contribution in [0.3, 0.4) is 0 Å². The van der Waals surface area contributed by atoms with Crippen LogP contribution in [0.4, 0.5) is 0 Å². The van der Waals surface area contributed by atoms with Crippen molar-refractivity contribution in [2.45, 2.75) is 39.0 Å². The Morgan fingerprint density at radius 1 is 0.867 bits per heavy atom. The number of aromatic nitrogens is 1. The van der Waals surface area contributed by atoms with Gasteiger partial charge in [-0.05, 0) is 47.7 Å². The predicted octanol–water partition coefficient (Wildman–Crippen LogP) is 7.66. The van der Waals surface area contributed by atoms with Gasteiger partial charge in [-0.1, -0.05) is 87.0 Å². The number of nitrogens with zero attached hydrogens (tertiary/aromatic N) is 1. The summed E-state index contributed by atoms with van der Waals surface area (Å²) in [6.45, 7) is 9.24. The molecular weight excluding hydrogens is 362 g/mol. The van der Waals surface area contributed by atoms with Crippen molar-refractivity contribution in [3.8, 4) is 5.69 Å². The van der Waals surface area contributed by atoms with Crippen LogP contribution in [0.15, 0.2) is 84.5 Å². The second kappa shape index (κ2) is 5.98. The van der Waals surface area contributed by atoms with E-state index >= 15 is 0 Å². The molecule has 0 radical (unpaired) electrons. The van der Waals surface area contributed by atoms with E-state index in [-0.39, 0.29) is 5.41 Å². The maximum Gasteiger partial charge on any atom is 0.0582 e. The first-order valence-electron chi connectivity index (χ1n) is 11.0. The largest absolute Gasteiger partial charge is 0.309 e. The molecular formula is C29H27N. The van der Waals surface area contributed by atoms with Crippen molar-refractivity contribution in [1.82, 2.24) is 4.57 Å². The van der Waals surface area contributed by atoms with E-state index < -0.39 is 0 Å². The summed E-state index contributed by atoms with van der Waals surface area (Å²) in [7, 11) is 0. The van der Waals surface area contributed by atoms with Gasteiger partial charge in [0.1, 0.15) is 0 Å². The van der Waals surface area contributed by atoms with Gasteiger partial charge in [-0.25, -0.2) is 0 Å².